The predicted molar refractivity (Wildman–Crippen MR) is 135 cm³/mol. The third-order valence-electron chi connectivity index (χ3n) is 6.20. The van der Waals surface area contributed by atoms with E-state index in [0.29, 0.717) is 35.0 Å². The summed E-state index contributed by atoms with van der Waals surface area (Å²) in [4.78, 5) is 13.2. The minimum absolute atomic E-state index is 0.0137. The Hall–Kier alpha value is -4.46. The van der Waals surface area contributed by atoms with Gasteiger partial charge in [-0.15, -0.1) is 0 Å². The minimum atomic E-state index is -0.430. The molecule has 1 N–H and O–H groups in total. The molecule has 0 radical (unpaired) electrons. The largest absolute Gasteiger partial charge is 0.489 e. The van der Waals surface area contributed by atoms with Crippen molar-refractivity contribution in [1.82, 2.24) is 14.9 Å². The number of nitrogens with zero attached hydrogens (tertiary/aromatic N) is 3. The molecule has 0 saturated heterocycles. The van der Waals surface area contributed by atoms with Crippen LogP contribution in [0.3, 0.4) is 0 Å². The molecule has 0 fully saturated rings. The van der Waals surface area contributed by atoms with Gasteiger partial charge in [-0.2, -0.15) is 5.10 Å². The first-order valence-electron chi connectivity index (χ1n) is 11.6. The van der Waals surface area contributed by atoms with E-state index in [1.54, 1.807) is 19.1 Å². The van der Waals surface area contributed by atoms with Gasteiger partial charge in [0.15, 0.2) is 5.69 Å². The zero-order chi connectivity index (χ0) is 25.2. The Bertz CT molecular complexity index is 1570. The van der Waals surface area contributed by atoms with Crippen molar-refractivity contribution in [2.75, 3.05) is 5.32 Å². The monoisotopic (exact) mass is 484 g/mol. The number of halogens is 1. The Labute approximate surface area is 207 Å². The van der Waals surface area contributed by atoms with Crippen LogP contribution in [0, 0.1) is 26.6 Å². The molecule has 3 aromatic carbocycles. The maximum Gasteiger partial charge on any atom is 0.278 e. The summed E-state index contributed by atoms with van der Waals surface area (Å²) in [5, 5.41) is 13.9. The lowest BCUT2D eigenvalue weighted by atomic mass is 10.0. The highest BCUT2D eigenvalue weighted by Gasteiger charge is 2.23. The van der Waals surface area contributed by atoms with E-state index in [1.165, 1.54) is 22.9 Å². The van der Waals surface area contributed by atoms with Crippen LogP contribution >= 0.6 is 0 Å². The SMILES string of the molecule is Cc1nn(Cc2cccc3ccccc23)c(C)c1NC(=O)c1noc(C)c1COc1cccc(F)c1. The summed E-state index contributed by atoms with van der Waals surface area (Å²) in [6.45, 7) is 6.05. The molecule has 0 aliphatic carbocycles. The lowest BCUT2D eigenvalue weighted by Crippen LogP contribution is -2.16. The molecule has 0 bridgehead atoms. The molecule has 5 aromatic rings. The fourth-order valence-corrected chi connectivity index (χ4v) is 4.25. The Morgan fingerprint density at radius 3 is 2.67 bits per heavy atom. The summed E-state index contributed by atoms with van der Waals surface area (Å²) in [5.41, 5.74) is 3.89. The second-order valence-corrected chi connectivity index (χ2v) is 8.61. The predicted octanol–water partition coefficient (Wildman–Crippen LogP) is 5.97. The first-order valence-corrected chi connectivity index (χ1v) is 11.6. The zero-order valence-corrected chi connectivity index (χ0v) is 20.2. The van der Waals surface area contributed by atoms with E-state index in [-0.39, 0.29) is 12.3 Å². The van der Waals surface area contributed by atoms with Gasteiger partial charge in [0.1, 0.15) is 23.9 Å². The molecular formula is C28H25FN4O3. The quantitative estimate of drug-likeness (QED) is 0.308. The molecule has 1 amide bonds. The van der Waals surface area contributed by atoms with E-state index < -0.39 is 11.7 Å². The van der Waals surface area contributed by atoms with Gasteiger partial charge in [0.2, 0.25) is 0 Å². The van der Waals surface area contributed by atoms with Crippen molar-refractivity contribution in [2.45, 2.75) is 33.9 Å². The highest BCUT2D eigenvalue weighted by atomic mass is 19.1. The van der Waals surface area contributed by atoms with E-state index >= 15 is 0 Å². The number of amides is 1. The fourth-order valence-electron chi connectivity index (χ4n) is 4.25. The van der Waals surface area contributed by atoms with Crippen LogP contribution in [0.15, 0.2) is 71.3 Å². The van der Waals surface area contributed by atoms with Crippen molar-refractivity contribution in [3.63, 3.8) is 0 Å². The number of hydrogen-bond acceptors (Lipinski definition) is 5. The number of anilines is 1. The molecule has 0 spiro atoms. The first-order chi connectivity index (χ1) is 17.4. The molecule has 0 unspecified atom stereocenters. The lowest BCUT2D eigenvalue weighted by molar-refractivity contribution is 0.101. The van der Waals surface area contributed by atoms with Crippen LogP contribution in [-0.2, 0) is 13.2 Å². The molecule has 182 valence electrons. The van der Waals surface area contributed by atoms with E-state index in [2.05, 4.69) is 39.8 Å². The Morgan fingerprint density at radius 2 is 1.83 bits per heavy atom. The third kappa shape index (κ3) is 4.57. The van der Waals surface area contributed by atoms with Crippen LogP contribution in [0.25, 0.3) is 10.8 Å². The van der Waals surface area contributed by atoms with Crippen LogP contribution in [0.4, 0.5) is 10.1 Å². The summed E-state index contributed by atoms with van der Waals surface area (Å²) in [5.74, 6) is -0.0282. The minimum Gasteiger partial charge on any atom is -0.489 e. The van der Waals surface area contributed by atoms with Crippen molar-refractivity contribution in [3.8, 4) is 5.75 Å². The number of hydrogen-bond donors (Lipinski definition) is 1. The summed E-state index contributed by atoms with van der Waals surface area (Å²) in [6.07, 6.45) is 0. The Kier molecular flexibility index (Phi) is 6.25. The van der Waals surface area contributed by atoms with Gasteiger partial charge >= 0.3 is 0 Å². The van der Waals surface area contributed by atoms with Gasteiger partial charge in [-0.3, -0.25) is 9.48 Å². The molecule has 5 rings (SSSR count). The van der Waals surface area contributed by atoms with Crippen molar-refractivity contribution in [1.29, 1.82) is 0 Å². The molecule has 36 heavy (non-hydrogen) atoms. The normalized spacial score (nSPS) is 11.1. The second kappa shape index (κ2) is 9.65. The van der Waals surface area contributed by atoms with Crippen molar-refractivity contribution in [2.24, 2.45) is 0 Å². The van der Waals surface area contributed by atoms with Gasteiger partial charge in [-0.05, 0) is 49.2 Å². The van der Waals surface area contributed by atoms with Crippen LogP contribution in [-0.4, -0.2) is 20.8 Å². The molecule has 2 heterocycles. The van der Waals surface area contributed by atoms with Crippen molar-refractivity contribution in [3.05, 3.63) is 107 Å². The molecular weight excluding hydrogens is 459 g/mol. The number of aryl methyl sites for hydroxylation is 2. The smallest absolute Gasteiger partial charge is 0.278 e. The Balaban J connectivity index is 1.36. The number of nitrogens with one attached hydrogen (secondary N) is 1. The molecule has 2 aromatic heterocycles. The van der Waals surface area contributed by atoms with E-state index in [0.717, 1.165) is 11.3 Å². The number of carbonyl (C=O) groups excluding carboxylic acids is 1. The third-order valence-corrected chi connectivity index (χ3v) is 6.20. The summed E-state index contributed by atoms with van der Waals surface area (Å²) < 4.78 is 26.3. The highest BCUT2D eigenvalue weighted by Crippen LogP contribution is 2.25. The van der Waals surface area contributed by atoms with Crippen LogP contribution in [0.1, 0.15) is 38.8 Å². The van der Waals surface area contributed by atoms with Gasteiger partial charge < -0.3 is 14.6 Å². The maximum absolute atomic E-state index is 13.5. The average Bonchev–Trinajstić information content (AvgIpc) is 3.37. The van der Waals surface area contributed by atoms with Crippen LogP contribution in [0.5, 0.6) is 5.75 Å². The molecule has 0 saturated carbocycles. The van der Waals surface area contributed by atoms with Crippen molar-refractivity contribution >= 4 is 22.4 Å². The molecule has 0 aliphatic heterocycles. The molecule has 0 aliphatic rings. The number of aromatic nitrogens is 3. The van der Waals surface area contributed by atoms with Gasteiger partial charge in [-0.25, -0.2) is 4.39 Å². The van der Waals surface area contributed by atoms with Gasteiger partial charge in [0, 0.05) is 6.07 Å². The van der Waals surface area contributed by atoms with Gasteiger partial charge in [0.25, 0.3) is 5.91 Å². The lowest BCUT2D eigenvalue weighted by Gasteiger charge is -2.10. The number of carbonyl (C=O) groups is 1. The van der Waals surface area contributed by atoms with E-state index in [4.69, 9.17) is 9.26 Å². The summed E-state index contributed by atoms with van der Waals surface area (Å²) in [7, 11) is 0. The van der Waals surface area contributed by atoms with E-state index in [1.807, 2.05) is 36.7 Å². The topological polar surface area (TPSA) is 82.2 Å². The van der Waals surface area contributed by atoms with Crippen LogP contribution < -0.4 is 10.1 Å². The van der Waals surface area contributed by atoms with E-state index in [9.17, 15) is 9.18 Å². The maximum atomic E-state index is 13.5. The average molecular weight is 485 g/mol. The number of ether oxygens (including phenoxy) is 1. The standard InChI is InChI=1S/C28H25FN4O3/c1-17-26(18(2)33(31-17)15-21-10-6-9-20-8-4-5-13-24(20)21)30-28(34)27-25(19(3)36-32-27)16-35-23-12-7-11-22(29)14-23/h4-14H,15-16H2,1-3H3,(H,30,34). The van der Waals surface area contributed by atoms with Gasteiger partial charge in [-0.1, -0.05) is 53.7 Å². The van der Waals surface area contributed by atoms with Gasteiger partial charge in [0.05, 0.1) is 29.2 Å². The Morgan fingerprint density at radius 1 is 1.06 bits per heavy atom. The zero-order valence-electron chi connectivity index (χ0n) is 20.2. The molecule has 0 atom stereocenters. The molecule has 8 heteroatoms. The number of rotatable bonds is 7. The van der Waals surface area contributed by atoms with Crippen LogP contribution in [0.2, 0.25) is 0 Å². The first kappa shape index (κ1) is 23.3. The number of fused-ring (bicyclic) bond motifs is 1. The number of benzene rings is 3. The summed E-state index contributed by atoms with van der Waals surface area (Å²) >= 11 is 0. The summed E-state index contributed by atoms with van der Waals surface area (Å²) in [6, 6.07) is 20.2. The second-order valence-electron chi connectivity index (χ2n) is 8.61. The molecule has 7 nitrogen and oxygen atoms in total. The fraction of sp³-hybridized carbons (Fsp3) is 0.179. The highest BCUT2D eigenvalue weighted by molar-refractivity contribution is 6.04. The van der Waals surface area contributed by atoms with Crippen molar-refractivity contribution < 1.29 is 18.4 Å².